The SMILES string of the molecule is Cc1ccc(-c2nc3nc(C)cc(Nc4ccc(N5CCN(C(=O)c6cccs6)CC5)c(Cl)c4)n3n2)cc1. The fourth-order valence-corrected chi connectivity index (χ4v) is 5.59. The number of aryl methyl sites for hydroxylation is 2. The third kappa shape index (κ3) is 4.82. The van der Waals surface area contributed by atoms with Gasteiger partial charge >= 0.3 is 0 Å². The van der Waals surface area contributed by atoms with Crippen LogP contribution >= 0.6 is 22.9 Å². The number of piperazine rings is 1. The van der Waals surface area contributed by atoms with Gasteiger partial charge in [-0.25, -0.2) is 4.98 Å². The van der Waals surface area contributed by atoms with Gasteiger partial charge in [0.1, 0.15) is 5.82 Å². The molecule has 4 heterocycles. The van der Waals surface area contributed by atoms with Crippen LogP contribution in [0.4, 0.5) is 17.2 Å². The lowest BCUT2D eigenvalue weighted by molar-refractivity contribution is 0.0751. The van der Waals surface area contributed by atoms with Gasteiger partial charge in [0.15, 0.2) is 5.82 Å². The van der Waals surface area contributed by atoms with Crippen LogP contribution in [0.15, 0.2) is 66.0 Å². The minimum Gasteiger partial charge on any atom is -0.367 e. The summed E-state index contributed by atoms with van der Waals surface area (Å²) >= 11 is 8.23. The first kappa shape index (κ1) is 24.4. The molecule has 1 N–H and O–H groups in total. The second-order valence-electron chi connectivity index (χ2n) is 9.34. The number of benzene rings is 2. The van der Waals surface area contributed by atoms with E-state index in [1.165, 1.54) is 16.9 Å². The zero-order valence-corrected chi connectivity index (χ0v) is 22.6. The number of fused-ring (bicyclic) bond motifs is 1. The van der Waals surface area contributed by atoms with Gasteiger partial charge in [0.25, 0.3) is 11.7 Å². The van der Waals surface area contributed by atoms with Crippen molar-refractivity contribution in [3.8, 4) is 11.4 Å². The number of amides is 1. The molecule has 0 spiro atoms. The number of aromatic nitrogens is 4. The highest BCUT2D eigenvalue weighted by Crippen LogP contribution is 2.31. The summed E-state index contributed by atoms with van der Waals surface area (Å²) in [6.07, 6.45) is 0. The molecule has 6 rings (SSSR count). The minimum absolute atomic E-state index is 0.0999. The maximum atomic E-state index is 12.7. The van der Waals surface area contributed by atoms with Gasteiger partial charge in [0.05, 0.1) is 15.6 Å². The van der Waals surface area contributed by atoms with Crippen molar-refractivity contribution in [2.75, 3.05) is 36.4 Å². The molecule has 0 atom stereocenters. The maximum absolute atomic E-state index is 12.7. The van der Waals surface area contributed by atoms with Gasteiger partial charge in [0, 0.05) is 49.2 Å². The summed E-state index contributed by atoms with van der Waals surface area (Å²) in [4.78, 5) is 26.8. The van der Waals surface area contributed by atoms with Gasteiger partial charge in [-0.1, -0.05) is 47.5 Å². The van der Waals surface area contributed by atoms with E-state index in [0.717, 1.165) is 46.4 Å². The van der Waals surface area contributed by atoms with Crippen molar-refractivity contribution in [1.82, 2.24) is 24.5 Å². The van der Waals surface area contributed by atoms with Crippen LogP contribution in [0.3, 0.4) is 0 Å². The van der Waals surface area contributed by atoms with Gasteiger partial charge in [-0.15, -0.1) is 16.4 Å². The number of anilines is 3. The highest BCUT2D eigenvalue weighted by atomic mass is 35.5. The predicted molar refractivity (Wildman–Crippen MR) is 153 cm³/mol. The standard InChI is InChI=1S/C28H26ClN7OS/c1-18-5-7-20(8-6-18)26-32-28-30-19(2)16-25(36(28)33-26)31-21-9-10-23(22(29)17-21)34-11-13-35(14-12-34)27(37)24-4-3-15-38-24/h3-10,15-17,31H,11-14H2,1-2H3. The Hall–Kier alpha value is -3.95. The van der Waals surface area contributed by atoms with E-state index in [9.17, 15) is 4.79 Å². The Bertz CT molecular complexity index is 1610. The van der Waals surface area contributed by atoms with Crippen molar-refractivity contribution in [1.29, 1.82) is 0 Å². The van der Waals surface area contributed by atoms with Gasteiger partial charge < -0.3 is 15.1 Å². The zero-order chi connectivity index (χ0) is 26.2. The Kier molecular flexibility index (Phi) is 6.47. The summed E-state index contributed by atoms with van der Waals surface area (Å²) in [6.45, 7) is 6.78. The molecule has 0 radical (unpaired) electrons. The number of hydrogen-bond acceptors (Lipinski definition) is 7. The Morgan fingerprint density at radius 3 is 2.47 bits per heavy atom. The van der Waals surface area contributed by atoms with Crippen molar-refractivity contribution >= 4 is 51.8 Å². The molecule has 192 valence electrons. The highest BCUT2D eigenvalue weighted by molar-refractivity contribution is 7.12. The summed E-state index contributed by atoms with van der Waals surface area (Å²) < 4.78 is 1.72. The number of hydrogen-bond donors (Lipinski definition) is 1. The third-order valence-electron chi connectivity index (χ3n) is 6.61. The van der Waals surface area contributed by atoms with Crippen molar-refractivity contribution in [2.45, 2.75) is 13.8 Å². The Morgan fingerprint density at radius 2 is 1.76 bits per heavy atom. The predicted octanol–water partition coefficient (Wildman–Crippen LogP) is 5.83. The van der Waals surface area contributed by atoms with E-state index in [1.54, 1.807) is 4.52 Å². The molecule has 0 unspecified atom stereocenters. The molecule has 2 aromatic carbocycles. The summed E-state index contributed by atoms with van der Waals surface area (Å²) in [5.41, 5.74) is 4.75. The fourth-order valence-electron chi connectivity index (χ4n) is 4.60. The lowest BCUT2D eigenvalue weighted by atomic mass is 10.1. The molecule has 1 fully saturated rings. The average molecular weight is 544 g/mol. The van der Waals surface area contributed by atoms with E-state index in [0.29, 0.717) is 29.7 Å². The molecular formula is C28H26ClN7OS. The van der Waals surface area contributed by atoms with Crippen LogP contribution in [0.2, 0.25) is 5.02 Å². The molecule has 0 bridgehead atoms. The Labute approximate surface area is 229 Å². The monoisotopic (exact) mass is 543 g/mol. The molecule has 1 aliphatic rings. The fraction of sp³-hybridized carbons (Fsp3) is 0.214. The van der Waals surface area contributed by atoms with E-state index in [-0.39, 0.29) is 5.91 Å². The van der Waals surface area contributed by atoms with Crippen molar-refractivity contribution in [3.63, 3.8) is 0 Å². The topological polar surface area (TPSA) is 78.7 Å². The van der Waals surface area contributed by atoms with E-state index in [2.05, 4.69) is 27.1 Å². The molecule has 3 aromatic heterocycles. The maximum Gasteiger partial charge on any atom is 0.264 e. The largest absolute Gasteiger partial charge is 0.367 e. The van der Waals surface area contributed by atoms with E-state index in [4.69, 9.17) is 16.7 Å². The molecule has 1 amide bonds. The van der Waals surface area contributed by atoms with Crippen molar-refractivity contribution < 1.29 is 4.79 Å². The molecule has 0 saturated carbocycles. The van der Waals surface area contributed by atoms with Crippen LogP contribution in [0.5, 0.6) is 0 Å². The Morgan fingerprint density at radius 1 is 0.974 bits per heavy atom. The van der Waals surface area contributed by atoms with Crippen molar-refractivity contribution in [3.05, 3.63) is 87.2 Å². The van der Waals surface area contributed by atoms with Crippen LogP contribution < -0.4 is 10.2 Å². The molecule has 0 aliphatic carbocycles. The summed E-state index contributed by atoms with van der Waals surface area (Å²) in [6, 6.07) is 19.8. The van der Waals surface area contributed by atoms with Gasteiger partial charge in [-0.05, 0) is 43.5 Å². The molecular weight excluding hydrogens is 518 g/mol. The minimum atomic E-state index is 0.0999. The number of thiophene rings is 1. The van der Waals surface area contributed by atoms with Crippen LogP contribution in [0, 0.1) is 13.8 Å². The first-order valence-corrected chi connectivity index (χ1v) is 13.7. The lowest BCUT2D eigenvalue weighted by Crippen LogP contribution is -2.48. The first-order valence-electron chi connectivity index (χ1n) is 12.4. The number of carbonyl (C=O) groups excluding carboxylic acids is 1. The molecule has 10 heteroatoms. The Balaban J connectivity index is 1.19. The molecule has 38 heavy (non-hydrogen) atoms. The van der Waals surface area contributed by atoms with Gasteiger partial charge in [-0.2, -0.15) is 9.50 Å². The number of carbonyl (C=O) groups is 1. The summed E-state index contributed by atoms with van der Waals surface area (Å²) in [7, 11) is 0. The van der Waals surface area contributed by atoms with E-state index >= 15 is 0 Å². The van der Waals surface area contributed by atoms with Gasteiger partial charge in [-0.3, -0.25) is 4.79 Å². The number of halogens is 1. The van der Waals surface area contributed by atoms with Crippen LogP contribution in [-0.2, 0) is 0 Å². The quantitative estimate of drug-likeness (QED) is 0.300. The lowest BCUT2D eigenvalue weighted by Gasteiger charge is -2.36. The molecule has 5 aromatic rings. The van der Waals surface area contributed by atoms with E-state index in [1.807, 2.05) is 77.9 Å². The highest BCUT2D eigenvalue weighted by Gasteiger charge is 2.24. The van der Waals surface area contributed by atoms with E-state index < -0.39 is 0 Å². The van der Waals surface area contributed by atoms with Crippen LogP contribution in [0.1, 0.15) is 20.9 Å². The average Bonchev–Trinajstić information content (AvgIpc) is 3.60. The smallest absolute Gasteiger partial charge is 0.264 e. The molecule has 1 saturated heterocycles. The van der Waals surface area contributed by atoms with Gasteiger partial charge in [0.2, 0.25) is 0 Å². The summed E-state index contributed by atoms with van der Waals surface area (Å²) in [5, 5.41) is 10.7. The second-order valence-corrected chi connectivity index (χ2v) is 10.7. The number of rotatable bonds is 5. The number of nitrogens with zero attached hydrogens (tertiary/aromatic N) is 6. The summed E-state index contributed by atoms with van der Waals surface area (Å²) in [5.74, 6) is 2.00. The zero-order valence-electron chi connectivity index (χ0n) is 21.1. The normalized spacial score (nSPS) is 13.8. The third-order valence-corrected chi connectivity index (χ3v) is 7.77. The van der Waals surface area contributed by atoms with Crippen molar-refractivity contribution in [2.24, 2.45) is 0 Å². The van der Waals surface area contributed by atoms with Crippen LogP contribution in [-0.4, -0.2) is 56.6 Å². The molecule has 1 aliphatic heterocycles. The van der Waals surface area contributed by atoms with Crippen LogP contribution in [0.25, 0.3) is 17.2 Å². The first-order chi connectivity index (χ1) is 18.4. The second kappa shape index (κ2) is 10.1. The molecule has 8 nitrogen and oxygen atoms in total. The number of nitrogens with one attached hydrogen (secondary N) is 1.